The Morgan fingerprint density at radius 3 is 2.45 bits per heavy atom. The molecule has 0 bridgehead atoms. The molecule has 0 aliphatic carbocycles. The first-order valence-electron chi connectivity index (χ1n) is 7.55. The Kier molecular flexibility index (Phi) is 4.33. The summed E-state index contributed by atoms with van der Waals surface area (Å²) in [6.45, 7) is 2.18. The van der Waals surface area contributed by atoms with E-state index in [2.05, 4.69) is 4.90 Å². The second-order valence-corrected chi connectivity index (χ2v) is 5.49. The molecule has 0 N–H and O–H groups in total. The van der Waals surface area contributed by atoms with Crippen molar-refractivity contribution >= 4 is 17.5 Å². The summed E-state index contributed by atoms with van der Waals surface area (Å²) in [5.74, 6) is -0.373. The van der Waals surface area contributed by atoms with E-state index < -0.39 is 0 Å². The highest BCUT2D eigenvalue weighted by Gasteiger charge is 2.12. The van der Waals surface area contributed by atoms with Gasteiger partial charge in [-0.1, -0.05) is 18.2 Å². The second-order valence-electron chi connectivity index (χ2n) is 5.49. The van der Waals surface area contributed by atoms with Crippen molar-refractivity contribution in [2.75, 3.05) is 18.0 Å². The van der Waals surface area contributed by atoms with Gasteiger partial charge in [0.25, 0.3) is 0 Å². The third-order valence-corrected chi connectivity index (χ3v) is 3.90. The summed E-state index contributed by atoms with van der Waals surface area (Å²) in [5.41, 5.74) is 2.50. The van der Waals surface area contributed by atoms with Crippen LogP contribution in [0, 0.1) is 5.82 Å². The Morgan fingerprint density at radius 2 is 1.77 bits per heavy atom. The predicted octanol–water partition coefficient (Wildman–Crippen LogP) is 4.32. The zero-order chi connectivity index (χ0) is 15.4. The highest BCUT2D eigenvalue weighted by molar-refractivity contribution is 6.06. The third-order valence-electron chi connectivity index (χ3n) is 3.90. The topological polar surface area (TPSA) is 20.3 Å². The number of carbonyl (C=O) groups excluding carboxylic acids is 1. The van der Waals surface area contributed by atoms with Crippen molar-refractivity contribution in [3.05, 3.63) is 71.6 Å². The number of allylic oxidation sites excluding steroid dienone is 1. The van der Waals surface area contributed by atoms with E-state index in [1.54, 1.807) is 18.2 Å². The summed E-state index contributed by atoms with van der Waals surface area (Å²) < 4.78 is 13.1. The van der Waals surface area contributed by atoms with E-state index in [4.69, 9.17) is 0 Å². The van der Waals surface area contributed by atoms with Gasteiger partial charge in [-0.25, -0.2) is 4.39 Å². The van der Waals surface area contributed by atoms with Crippen LogP contribution in [0.5, 0.6) is 0 Å². The quantitative estimate of drug-likeness (QED) is 0.618. The molecule has 1 fully saturated rings. The third kappa shape index (κ3) is 3.42. The standard InChI is InChI=1S/C19H18FNO/c20-17-5-3-4-15(14-17)6-11-19(22)16-7-9-18(10-8-16)21-12-1-2-13-21/h3-11,14H,1-2,12-13H2/b11-6+. The Balaban J connectivity index is 1.69. The molecule has 1 heterocycles. The van der Waals surface area contributed by atoms with E-state index in [9.17, 15) is 9.18 Å². The maximum atomic E-state index is 13.1. The summed E-state index contributed by atoms with van der Waals surface area (Å²) in [5, 5.41) is 0. The molecule has 1 aliphatic rings. The predicted molar refractivity (Wildman–Crippen MR) is 87.7 cm³/mol. The number of nitrogens with zero attached hydrogens (tertiary/aromatic N) is 1. The Hall–Kier alpha value is -2.42. The molecule has 0 radical (unpaired) electrons. The minimum absolute atomic E-state index is 0.0720. The van der Waals surface area contributed by atoms with Crippen LogP contribution in [-0.2, 0) is 0 Å². The molecular weight excluding hydrogens is 277 g/mol. The Bertz CT molecular complexity index is 685. The number of ketones is 1. The van der Waals surface area contributed by atoms with Crippen molar-refractivity contribution in [1.82, 2.24) is 0 Å². The van der Waals surface area contributed by atoms with Gasteiger partial charge in [-0.3, -0.25) is 4.79 Å². The molecule has 2 aromatic carbocycles. The molecule has 22 heavy (non-hydrogen) atoms. The lowest BCUT2D eigenvalue weighted by Crippen LogP contribution is -2.17. The number of benzene rings is 2. The molecule has 0 saturated carbocycles. The van der Waals surface area contributed by atoms with Crippen LogP contribution < -0.4 is 4.90 Å². The zero-order valence-electron chi connectivity index (χ0n) is 12.3. The van der Waals surface area contributed by atoms with Gasteiger partial charge in [0, 0.05) is 24.3 Å². The summed E-state index contributed by atoms with van der Waals surface area (Å²) in [4.78, 5) is 14.5. The van der Waals surface area contributed by atoms with Gasteiger partial charge in [0.15, 0.2) is 5.78 Å². The van der Waals surface area contributed by atoms with Gasteiger partial charge < -0.3 is 4.90 Å². The average molecular weight is 295 g/mol. The molecule has 112 valence electrons. The number of rotatable bonds is 4. The van der Waals surface area contributed by atoms with E-state index in [-0.39, 0.29) is 11.6 Å². The number of carbonyl (C=O) groups is 1. The summed E-state index contributed by atoms with van der Waals surface area (Å²) in [6.07, 6.45) is 5.59. The largest absolute Gasteiger partial charge is 0.372 e. The van der Waals surface area contributed by atoms with Gasteiger partial charge >= 0.3 is 0 Å². The first kappa shape index (κ1) is 14.5. The highest BCUT2D eigenvalue weighted by atomic mass is 19.1. The molecule has 2 aromatic rings. The first-order chi connectivity index (χ1) is 10.7. The maximum absolute atomic E-state index is 13.1. The van der Waals surface area contributed by atoms with Crippen molar-refractivity contribution in [2.24, 2.45) is 0 Å². The summed E-state index contributed by atoms with van der Waals surface area (Å²) >= 11 is 0. The van der Waals surface area contributed by atoms with E-state index in [1.165, 1.54) is 36.7 Å². The fourth-order valence-corrected chi connectivity index (χ4v) is 2.69. The van der Waals surface area contributed by atoms with Crippen LogP contribution in [0.3, 0.4) is 0 Å². The second kappa shape index (κ2) is 6.56. The maximum Gasteiger partial charge on any atom is 0.185 e. The van der Waals surface area contributed by atoms with Crippen LogP contribution in [0.2, 0.25) is 0 Å². The minimum Gasteiger partial charge on any atom is -0.372 e. The van der Waals surface area contributed by atoms with E-state index >= 15 is 0 Å². The van der Waals surface area contributed by atoms with Gasteiger partial charge in [-0.05, 0) is 60.9 Å². The van der Waals surface area contributed by atoms with Crippen molar-refractivity contribution < 1.29 is 9.18 Å². The minimum atomic E-state index is -0.301. The van der Waals surface area contributed by atoms with Gasteiger partial charge in [-0.15, -0.1) is 0 Å². The highest BCUT2D eigenvalue weighted by Crippen LogP contribution is 2.20. The van der Waals surface area contributed by atoms with Gasteiger partial charge in [0.1, 0.15) is 5.82 Å². The van der Waals surface area contributed by atoms with Gasteiger partial charge in [-0.2, -0.15) is 0 Å². The van der Waals surface area contributed by atoms with Crippen molar-refractivity contribution in [2.45, 2.75) is 12.8 Å². The lowest BCUT2D eigenvalue weighted by Gasteiger charge is -2.17. The van der Waals surface area contributed by atoms with E-state index in [1.807, 2.05) is 24.3 Å². The van der Waals surface area contributed by atoms with Gasteiger partial charge in [0.05, 0.1) is 0 Å². The summed E-state index contributed by atoms with van der Waals surface area (Å²) in [6, 6.07) is 13.9. The molecule has 2 nitrogen and oxygen atoms in total. The van der Waals surface area contributed by atoms with Crippen LogP contribution in [-0.4, -0.2) is 18.9 Å². The number of anilines is 1. The fraction of sp³-hybridized carbons (Fsp3) is 0.211. The number of hydrogen-bond acceptors (Lipinski definition) is 2. The van der Waals surface area contributed by atoms with E-state index in [0.717, 1.165) is 13.1 Å². The SMILES string of the molecule is O=C(/C=C/c1cccc(F)c1)c1ccc(N2CCCC2)cc1. The number of hydrogen-bond donors (Lipinski definition) is 0. The van der Waals surface area contributed by atoms with Crippen molar-refractivity contribution in [1.29, 1.82) is 0 Å². The van der Waals surface area contributed by atoms with Gasteiger partial charge in [0.2, 0.25) is 0 Å². The molecule has 1 saturated heterocycles. The van der Waals surface area contributed by atoms with Crippen LogP contribution in [0.25, 0.3) is 6.08 Å². The lowest BCUT2D eigenvalue weighted by atomic mass is 10.1. The molecular formula is C19H18FNO. The van der Waals surface area contributed by atoms with Crippen LogP contribution in [0.1, 0.15) is 28.8 Å². The number of halogens is 1. The molecule has 0 aromatic heterocycles. The summed E-state index contributed by atoms with van der Waals surface area (Å²) in [7, 11) is 0. The first-order valence-corrected chi connectivity index (χ1v) is 7.55. The molecule has 3 heteroatoms. The average Bonchev–Trinajstić information content (AvgIpc) is 3.07. The molecule has 0 atom stereocenters. The van der Waals surface area contributed by atoms with Crippen LogP contribution >= 0.6 is 0 Å². The van der Waals surface area contributed by atoms with Crippen molar-refractivity contribution in [3.8, 4) is 0 Å². The monoisotopic (exact) mass is 295 g/mol. The molecule has 3 rings (SSSR count). The molecule has 0 amide bonds. The fourth-order valence-electron chi connectivity index (χ4n) is 2.69. The molecule has 0 spiro atoms. The smallest absolute Gasteiger partial charge is 0.185 e. The molecule has 1 aliphatic heterocycles. The Labute approximate surface area is 129 Å². The molecule has 0 unspecified atom stereocenters. The van der Waals surface area contributed by atoms with Crippen molar-refractivity contribution in [3.63, 3.8) is 0 Å². The lowest BCUT2D eigenvalue weighted by molar-refractivity contribution is 0.104. The van der Waals surface area contributed by atoms with Crippen LogP contribution in [0.15, 0.2) is 54.6 Å². The van der Waals surface area contributed by atoms with E-state index in [0.29, 0.717) is 11.1 Å². The zero-order valence-corrected chi connectivity index (χ0v) is 12.3. The normalized spacial score (nSPS) is 14.7. The van der Waals surface area contributed by atoms with Crippen LogP contribution in [0.4, 0.5) is 10.1 Å². The Morgan fingerprint density at radius 1 is 1.05 bits per heavy atom.